The van der Waals surface area contributed by atoms with Gasteiger partial charge in [-0.3, -0.25) is 0 Å². The van der Waals surface area contributed by atoms with Crippen LogP contribution in [0.4, 0.5) is 13.2 Å². The first-order valence-corrected chi connectivity index (χ1v) is 7.21. The maximum Gasteiger partial charge on any atom is 0.411 e. The Bertz CT molecular complexity index is 380. The van der Waals surface area contributed by atoms with Gasteiger partial charge in [0.05, 0.1) is 0 Å². The van der Waals surface area contributed by atoms with E-state index < -0.39 is 19.3 Å². The summed E-state index contributed by atoms with van der Waals surface area (Å²) in [6.07, 6.45) is 0.676. The van der Waals surface area contributed by atoms with E-state index in [9.17, 15) is 13.2 Å². The fraction of sp³-hybridized carbons (Fsp3) is 0.429. The molecule has 94 valence electrons. The maximum atomic E-state index is 12.1. The van der Waals surface area contributed by atoms with Gasteiger partial charge >= 0.3 is 14.4 Å². The van der Waals surface area contributed by atoms with Crippen LogP contribution in [0.15, 0.2) is 24.3 Å². The van der Waals surface area contributed by atoms with Gasteiger partial charge in [0.2, 0.25) is 0 Å². The van der Waals surface area contributed by atoms with Crippen LogP contribution in [0.1, 0.15) is 6.42 Å². The predicted octanol–water partition coefficient (Wildman–Crippen LogP) is 3.75. The summed E-state index contributed by atoms with van der Waals surface area (Å²) in [5.41, 5.74) is 0. The Morgan fingerprint density at radius 3 is 1.81 bits per heavy atom. The minimum atomic E-state index is -4.37. The van der Waals surface area contributed by atoms with E-state index in [4.69, 9.17) is 20.0 Å². The average Bonchev–Trinajstić information content (AvgIpc) is 2.00. The Morgan fingerprint density at radius 1 is 1.19 bits per heavy atom. The Balaban J connectivity index is 0.000000385. The summed E-state index contributed by atoms with van der Waals surface area (Å²) in [6.45, 7) is 0. The fourth-order valence-electron chi connectivity index (χ4n) is 0.804. The van der Waals surface area contributed by atoms with Crippen LogP contribution in [-0.2, 0) is 8.26 Å². The van der Waals surface area contributed by atoms with Crippen LogP contribution in [0.3, 0.4) is 0 Å². The molecule has 9 heteroatoms. The molecule has 1 aliphatic rings. The molecule has 0 aromatic heterocycles. The molecule has 0 spiro atoms. The second-order valence-corrected chi connectivity index (χ2v) is 7.07. The maximum absolute atomic E-state index is 12.1. The van der Waals surface area contributed by atoms with Crippen LogP contribution in [0.5, 0.6) is 0 Å². The topological polar surface area (TPSA) is 34.1 Å². The summed E-state index contributed by atoms with van der Waals surface area (Å²) in [4.78, 5) is -2.18. The minimum Gasteiger partial charge on any atom is -0.195 e. The summed E-state index contributed by atoms with van der Waals surface area (Å²) in [5.74, 6) is 0. The molecule has 0 heterocycles. The zero-order valence-electron chi connectivity index (χ0n) is 7.51. The van der Waals surface area contributed by atoms with E-state index in [0.29, 0.717) is 0 Å². The Morgan fingerprint density at radius 2 is 1.62 bits per heavy atom. The fourth-order valence-corrected chi connectivity index (χ4v) is 0.966. The lowest BCUT2D eigenvalue weighted by molar-refractivity contribution is -0.149. The van der Waals surface area contributed by atoms with Gasteiger partial charge in [-0.15, -0.1) is 11.6 Å². The smallest absolute Gasteiger partial charge is 0.195 e. The number of hydrogen-bond acceptors (Lipinski definition) is 2. The van der Waals surface area contributed by atoms with Crippen molar-refractivity contribution in [3.05, 3.63) is 24.3 Å². The van der Waals surface area contributed by atoms with Crippen LogP contribution >= 0.6 is 33.0 Å². The summed E-state index contributed by atoms with van der Waals surface area (Å²) in [6, 6.07) is 0. The van der Waals surface area contributed by atoms with E-state index in [-0.39, 0.29) is 6.42 Å². The van der Waals surface area contributed by atoms with Crippen molar-refractivity contribution in [2.45, 2.75) is 17.5 Å². The predicted molar refractivity (Wildman–Crippen MR) is 58.2 cm³/mol. The van der Waals surface area contributed by atoms with Crippen molar-refractivity contribution in [1.29, 1.82) is 0 Å². The molecule has 0 fully saturated rings. The second kappa shape index (κ2) is 5.62. The lowest BCUT2D eigenvalue weighted by atomic mass is 9.99. The molecule has 1 aliphatic carbocycles. The molecule has 1 atom stereocenters. The van der Waals surface area contributed by atoms with Crippen LogP contribution < -0.4 is 0 Å². The van der Waals surface area contributed by atoms with Gasteiger partial charge in [0, 0.05) is 21.4 Å². The van der Waals surface area contributed by atoms with Crippen molar-refractivity contribution in [3.63, 3.8) is 0 Å². The minimum absolute atomic E-state index is 0.186. The largest absolute Gasteiger partial charge is 0.411 e. The molecule has 0 aromatic rings. The van der Waals surface area contributed by atoms with Crippen molar-refractivity contribution < 1.29 is 21.6 Å². The molecule has 0 bridgehead atoms. The van der Waals surface area contributed by atoms with E-state index in [1.807, 2.05) is 0 Å². The van der Waals surface area contributed by atoms with Gasteiger partial charge in [-0.25, -0.2) is 0 Å². The third-order valence-corrected chi connectivity index (χ3v) is 1.99. The number of hydrogen-bond donors (Lipinski definition) is 0. The van der Waals surface area contributed by atoms with Gasteiger partial charge in [0.15, 0.2) is 4.87 Å². The van der Waals surface area contributed by atoms with Crippen molar-refractivity contribution >= 4 is 41.2 Å². The second-order valence-electron chi connectivity index (χ2n) is 2.73. The molecule has 0 saturated heterocycles. The standard InChI is InChI=1S/C7H6ClF3.Cl2O2S/c8-6(7(9,10)11)4-2-1-3-5-6;1-5(2,3)4/h1-4H,5H2;. The molecule has 0 aliphatic heterocycles. The van der Waals surface area contributed by atoms with Crippen LogP contribution in [0.25, 0.3) is 0 Å². The van der Waals surface area contributed by atoms with Crippen molar-refractivity contribution in [3.8, 4) is 0 Å². The first-order valence-electron chi connectivity index (χ1n) is 3.70. The highest BCUT2D eigenvalue weighted by atomic mass is 36.0. The average molecular weight is 318 g/mol. The Labute approximate surface area is 105 Å². The van der Waals surface area contributed by atoms with Gasteiger partial charge in [-0.1, -0.05) is 24.3 Å². The van der Waals surface area contributed by atoms with Crippen LogP contribution in [-0.4, -0.2) is 19.5 Å². The summed E-state index contributed by atoms with van der Waals surface area (Å²) < 4.78 is 54.7. The lowest BCUT2D eigenvalue weighted by Gasteiger charge is -2.26. The van der Waals surface area contributed by atoms with E-state index in [1.54, 1.807) is 6.08 Å². The normalized spacial score (nSPS) is 24.9. The summed E-state index contributed by atoms with van der Waals surface area (Å²) >= 11 is 5.29. The molecular weight excluding hydrogens is 311 g/mol. The van der Waals surface area contributed by atoms with Gasteiger partial charge in [0.25, 0.3) is 0 Å². The van der Waals surface area contributed by atoms with E-state index in [1.165, 1.54) is 12.2 Å². The van der Waals surface area contributed by atoms with Gasteiger partial charge in [0.1, 0.15) is 0 Å². The summed E-state index contributed by atoms with van der Waals surface area (Å²) in [5, 5.41) is 0. The van der Waals surface area contributed by atoms with E-state index >= 15 is 0 Å². The molecule has 2 nitrogen and oxygen atoms in total. The Kier molecular flexibility index (Phi) is 5.65. The third-order valence-electron chi connectivity index (χ3n) is 1.49. The zero-order chi connectivity index (χ0) is 13.0. The number of alkyl halides is 4. The molecule has 0 aromatic carbocycles. The molecule has 1 unspecified atom stereocenters. The zero-order valence-corrected chi connectivity index (χ0v) is 10.6. The van der Waals surface area contributed by atoms with E-state index in [0.717, 1.165) is 6.08 Å². The molecular formula is C7H6Cl3F3O2S. The highest BCUT2D eigenvalue weighted by Gasteiger charge is 2.51. The molecule has 0 N–H and O–H groups in total. The monoisotopic (exact) mass is 316 g/mol. The number of allylic oxidation sites excluding steroid dienone is 4. The molecule has 0 amide bonds. The van der Waals surface area contributed by atoms with Crippen LogP contribution in [0, 0.1) is 0 Å². The van der Waals surface area contributed by atoms with Crippen molar-refractivity contribution in [2.75, 3.05) is 0 Å². The van der Waals surface area contributed by atoms with Gasteiger partial charge < -0.3 is 0 Å². The first kappa shape index (κ1) is 16.1. The van der Waals surface area contributed by atoms with E-state index in [2.05, 4.69) is 21.4 Å². The quantitative estimate of drug-likeness (QED) is 0.504. The van der Waals surface area contributed by atoms with Crippen LogP contribution in [0.2, 0.25) is 0 Å². The molecule has 0 radical (unpaired) electrons. The highest BCUT2D eigenvalue weighted by molar-refractivity contribution is 8.31. The lowest BCUT2D eigenvalue weighted by Crippen LogP contribution is -2.37. The third kappa shape index (κ3) is 6.62. The molecule has 0 saturated carbocycles. The Hall–Kier alpha value is 0.0900. The van der Waals surface area contributed by atoms with Crippen molar-refractivity contribution in [2.24, 2.45) is 0 Å². The molecule has 16 heavy (non-hydrogen) atoms. The SMILES string of the molecule is FC(F)(F)C1(Cl)C=CC=CC1.O=S(=O)(Cl)Cl. The summed E-state index contributed by atoms with van der Waals surface area (Å²) in [7, 11) is 4.81. The number of rotatable bonds is 0. The van der Waals surface area contributed by atoms with Crippen molar-refractivity contribution in [1.82, 2.24) is 0 Å². The van der Waals surface area contributed by atoms with Gasteiger partial charge in [-0.05, 0) is 6.42 Å². The molecule has 1 rings (SSSR count). The number of halogens is 6. The highest BCUT2D eigenvalue weighted by Crippen LogP contribution is 2.41. The van der Waals surface area contributed by atoms with Gasteiger partial charge in [-0.2, -0.15) is 21.6 Å². The first-order chi connectivity index (χ1) is 6.96.